The number of nitrogens with one attached hydrogen (secondary N) is 1. The first-order valence-electron chi connectivity index (χ1n) is 11.1. The second kappa shape index (κ2) is 11.1. The lowest BCUT2D eigenvalue weighted by Crippen LogP contribution is -2.55. The molecule has 3 fully saturated rings. The third kappa shape index (κ3) is 6.53. The van der Waals surface area contributed by atoms with Crippen LogP contribution in [0.4, 0.5) is 0 Å². The Morgan fingerprint density at radius 2 is 1.72 bits per heavy atom. The van der Waals surface area contributed by atoms with Crippen LogP contribution in [0, 0.1) is 0 Å². The quantitative estimate of drug-likeness (QED) is 0.446. The number of guanidine groups is 1. The number of rotatable bonds is 5. The first kappa shape index (κ1) is 22.3. The molecule has 0 aromatic carbocycles. The van der Waals surface area contributed by atoms with E-state index in [-0.39, 0.29) is 5.91 Å². The van der Waals surface area contributed by atoms with Crippen LogP contribution in [0.2, 0.25) is 0 Å². The Balaban J connectivity index is 1.48. The summed E-state index contributed by atoms with van der Waals surface area (Å²) in [6, 6.07) is 0.467. The lowest BCUT2D eigenvalue weighted by molar-refractivity contribution is -0.136. The average Bonchev–Trinajstić information content (AvgIpc) is 2.74. The van der Waals surface area contributed by atoms with Crippen LogP contribution >= 0.6 is 0 Å². The molecule has 9 nitrogen and oxygen atoms in total. The number of carbonyl (C=O) groups excluding carboxylic acids is 1. The van der Waals surface area contributed by atoms with E-state index in [4.69, 9.17) is 9.73 Å². The molecule has 0 saturated carbocycles. The first-order chi connectivity index (χ1) is 14.1. The van der Waals surface area contributed by atoms with Gasteiger partial charge in [-0.2, -0.15) is 0 Å². The monoisotopic (exact) mass is 409 g/mol. The molecule has 166 valence electrons. The summed E-state index contributed by atoms with van der Waals surface area (Å²) in [7, 11) is 4.39. The molecule has 3 saturated heterocycles. The summed E-state index contributed by atoms with van der Waals surface area (Å²) in [5, 5.41) is 3.46. The van der Waals surface area contributed by atoms with Crippen molar-refractivity contribution in [2.45, 2.75) is 13.0 Å². The van der Waals surface area contributed by atoms with E-state index in [1.165, 1.54) is 0 Å². The maximum Gasteiger partial charge on any atom is 0.236 e. The summed E-state index contributed by atoms with van der Waals surface area (Å²) in [6.07, 6.45) is 0. The fourth-order valence-corrected chi connectivity index (χ4v) is 4.14. The molecular weight excluding hydrogens is 370 g/mol. The van der Waals surface area contributed by atoms with Gasteiger partial charge in [0.15, 0.2) is 5.96 Å². The first-order valence-corrected chi connectivity index (χ1v) is 11.1. The van der Waals surface area contributed by atoms with Crippen molar-refractivity contribution in [1.29, 1.82) is 0 Å². The summed E-state index contributed by atoms with van der Waals surface area (Å²) in [5.41, 5.74) is 0. The third-order valence-corrected chi connectivity index (χ3v) is 6.16. The molecule has 1 atom stereocenters. The molecule has 0 spiro atoms. The number of nitrogens with zero attached hydrogens (tertiary/aromatic N) is 6. The molecule has 3 rings (SSSR count). The highest BCUT2D eigenvalue weighted by Gasteiger charge is 2.25. The Bertz CT molecular complexity index is 545. The molecule has 1 N–H and O–H groups in total. The molecule has 0 aromatic heterocycles. The molecule has 3 aliphatic heterocycles. The second-order valence-corrected chi connectivity index (χ2v) is 8.35. The molecule has 0 aromatic rings. The van der Waals surface area contributed by atoms with Gasteiger partial charge in [-0.1, -0.05) is 0 Å². The highest BCUT2D eigenvalue weighted by Crippen LogP contribution is 2.08. The van der Waals surface area contributed by atoms with E-state index in [9.17, 15) is 4.79 Å². The SMILES string of the molecule is CCNC(=NCC1CN(C)CCN1C)N1CCN(CC(=O)N2CCOCC2)CC1. The maximum absolute atomic E-state index is 12.5. The van der Waals surface area contributed by atoms with Gasteiger partial charge in [-0.3, -0.25) is 19.6 Å². The largest absolute Gasteiger partial charge is 0.378 e. The van der Waals surface area contributed by atoms with Crippen molar-refractivity contribution in [2.24, 2.45) is 4.99 Å². The van der Waals surface area contributed by atoms with Gasteiger partial charge in [-0.25, -0.2) is 0 Å². The molecule has 0 bridgehead atoms. The fourth-order valence-electron chi connectivity index (χ4n) is 4.14. The Kier molecular flexibility index (Phi) is 8.53. The van der Waals surface area contributed by atoms with Gasteiger partial charge in [0.25, 0.3) is 0 Å². The van der Waals surface area contributed by atoms with E-state index in [1.807, 2.05) is 4.90 Å². The molecule has 3 aliphatic rings. The van der Waals surface area contributed by atoms with Crippen LogP contribution in [0.3, 0.4) is 0 Å². The van der Waals surface area contributed by atoms with Gasteiger partial charge < -0.3 is 24.8 Å². The van der Waals surface area contributed by atoms with Crippen LogP contribution in [0.15, 0.2) is 4.99 Å². The topological polar surface area (TPSA) is 66.9 Å². The van der Waals surface area contributed by atoms with E-state index in [1.54, 1.807) is 0 Å². The Morgan fingerprint density at radius 1 is 1.00 bits per heavy atom. The molecule has 1 amide bonds. The number of morpholine rings is 1. The zero-order valence-corrected chi connectivity index (χ0v) is 18.5. The molecule has 9 heteroatoms. The number of aliphatic imine (C=N–C) groups is 1. The van der Waals surface area contributed by atoms with Gasteiger partial charge >= 0.3 is 0 Å². The highest BCUT2D eigenvalue weighted by atomic mass is 16.5. The maximum atomic E-state index is 12.5. The fraction of sp³-hybridized carbons (Fsp3) is 0.900. The number of likely N-dealkylation sites (N-methyl/N-ethyl adjacent to an activating group) is 2. The second-order valence-electron chi connectivity index (χ2n) is 8.35. The normalized spacial score (nSPS) is 26.0. The van der Waals surface area contributed by atoms with Gasteiger partial charge in [0.05, 0.1) is 26.3 Å². The van der Waals surface area contributed by atoms with E-state index >= 15 is 0 Å². The van der Waals surface area contributed by atoms with Crippen LogP contribution in [-0.4, -0.2) is 148 Å². The summed E-state index contributed by atoms with van der Waals surface area (Å²) in [5.74, 6) is 1.24. The summed E-state index contributed by atoms with van der Waals surface area (Å²) in [6.45, 7) is 14.0. The standard InChI is InChI=1S/C20H39N7O2/c1-4-21-20(22-15-18-16-23(2)5-6-24(18)3)27-9-7-25(8-10-27)17-19(28)26-11-13-29-14-12-26/h18H,4-17H2,1-3H3,(H,21,22). The van der Waals surface area contributed by atoms with E-state index in [2.05, 4.69) is 45.9 Å². The van der Waals surface area contributed by atoms with Crippen LogP contribution in [0.25, 0.3) is 0 Å². The lowest BCUT2D eigenvalue weighted by Gasteiger charge is -2.39. The lowest BCUT2D eigenvalue weighted by atomic mass is 10.2. The predicted molar refractivity (Wildman–Crippen MR) is 115 cm³/mol. The molecule has 29 heavy (non-hydrogen) atoms. The Morgan fingerprint density at radius 3 is 2.41 bits per heavy atom. The molecular formula is C20H39N7O2. The minimum Gasteiger partial charge on any atom is -0.378 e. The zero-order valence-electron chi connectivity index (χ0n) is 18.5. The van der Waals surface area contributed by atoms with E-state index in [0.29, 0.717) is 25.8 Å². The van der Waals surface area contributed by atoms with Crippen LogP contribution in [0.1, 0.15) is 6.92 Å². The van der Waals surface area contributed by atoms with Crippen molar-refractivity contribution < 1.29 is 9.53 Å². The molecule has 3 heterocycles. The number of hydrogen-bond donors (Lipinski definition) is 1. The zero-order chi connectivity index (χ0) is 20.6. The minimum atomic E-state index is 0.228. The van der Waals surface area contributed by atoms with Crippen molar-refractivity contribution in [2.75, 3.05) is 106 Å². The summed E-state index contributed by atoms with van der Waals surface area (Å²) >= 11 is 0. The third-order valence-electron chi connectivity index (χ3n) is 6.16. The Labute approximate surface area is 175 Å². The summed E-state index contributed by atoms with van der Waals surface area (Å²) < 4.78 is 5.34. The van der Waals surface area contributed by atoms with Gasteiger partial charge in [0.2, 0.25) is 5.91 Å². The minimum absolute atomic E-state index is 0.228. The smallest absolute Gasteiger partial charge is 0.236 e. The van der Waals surface area contributed by atoms with Crippen LogP contribution in [-0.2, 0) is 9.53 Å². The van der Waals surface area contributed by atoms with Gasteiger partial charge in [-0.05, 0) is 21.0 Å². The van der Waals surface area contributed by atoms with Gasteiger partial charge in [-0.15, -0.1) is 0 Å². The van der Waals surface area contributed by atoms with Crippen molar-refractivity contribution in [1.82, 2.24) is 29.8 Å². The van der Waals surface area contributed by atoms with Gasteiger partial charge in [0.1, 0.15) is 0 Å². The molecule has 0 aliphatic carbocycles. The number of carbonyl (C=O) groups is 1. The average molecular weight is 410 g/mol. The Hall–Kier alpha value is -1.42. The number of piperazine rings is 2. The van der Waals surface area contributed by atoms with E-state index in [0.717, 1.165) is 78.0 Å². The predicted octanol–water partition coefficient (Wildman–Crippen LogP) is -1.33. The van der Waals surface area contributed by atoms with Crippen molar-refractivity contribution in [3.63, 3.8) is 0 Å². The highest BCUT2D eigenvalue weighted by molar-refractivity contribution is 5.80. The summed E-state index contributed by atoms with van der Waals surface area (Å²) in [4.78, 5) is 28.8. The number of hydrogen-bond acceptors (Lipinski definition) is 6. The van der Waals surface area contributed by atoms with Crippen LogP contribution in [0.5, 0.6) is 0 Å². The van der Waals surface area contributed by atoms with E-state index < -0.39 is 0 Å². The number of ether oxygens (including phenoxy) is 1. The molecule has 1 unspecified atom stereocenters. The number of amides is 1. The van der Waals surface area contributed by atoms with Gasteiger partial charge in [0, 0.05) is 71.5 Å². The van der Waals surface area contributed by atoms with Crippen molar-refractivity contribution in [3.8, 4) is 0 Å². The van der Waals surface area contributed by atoms with Crippen molar-refractivity contribution in [3.05, 3.63) is 0 Å². The van der Waals surface area contributed by atoms with Crippen molar-refractivity contribution >= 4 is 11.9 Å². The molecule has 0 radical (unpaired) electrons. The van der Waals surface area contributed by atoms with Crippen LogP contribution < -0.4 is 5.32 Å².